The first kappa shape index (κ1) is 16.1. The summed E-state index contributed by atoms with van der Waals surface area (Å²) in [6.45, 7) is 4.02. The normalized spacial score (nSPS) is 23.9. The summed E-state index contributed by atoms with van der Waals surface area (Å²) in [6, 6.07) is -0.973. The first-order chi connectivity index (χ1) is 9.08. The van der Waals surface area contributed by atoms with Gasteiger partial charge in [0.1, 0.15) is 6.04 Å². The SMILES string of the molecule is CCC[C@H](NC(=O)NC1CCCC1SCC)C(=O)O. The van der Waals surface area contributed by atoms with E-state index in [1.54, 1.807) is 0 Å². The Hall–Kier alpha value is -0.910. The monoisotopic (exact) mass is 288 g/mol. The first-order valence-electron chi connectivity index (χ1n) is 6.99. The van der Waals surface area contributed by atoms with E-state index >= 15 is 0 Å². The third kappa shape index (κ3) is 5.30. The Morgan fingerprint density at radius 2 is 2.11 bits per heavy atom. The number of thioether (sulfide) groups is 1. The zero-order valence-corrected chi connectivity index (χ0v) is 12.5. The summed E-state index contributed by atoms with van der Waals surface area (Å²) in [5.41, 5.74) is 0. The quantitative estimate of drug-likeness (QED) is 0.671. The lowest BCUT2D eigenvalue weighted by molar-refractivity contribution is -0.139. The largest absolute Gasteiger partial charge is 0.480 e. The summed E-state index contributed by atoms with van der Waals surface area (Å²) >= 11 is 1.87. The predicted molar refractivity (Wildman–Crippen MR) is 77.6 cm³/mol. The number of rotatable bonds is 7. The molecule has 110 valence electrons. The molecule has 0 saturated heterocycles. The molecule has 2 unspecified atom stereocenters. The van der Waals surface area contributed by atoms with E-state index in [0.29, 0.717) is 11.7 Å². The highest BCUT2D eigenvalue weighted by Gasteiger charge is 2.29. The van der Waals surface area contributed by atoms with Gasteiger partial charge < -0.3 is 15.7 Å². The molecule has 0 aromatic rings. The van der Waals surface area contributed by atoms with Crippen molar-refractivity contribution in [3.05, 3.63) is 0 Å². The summed E-state index contributed by atoms with van der Waals surface area (Å²) in [6.07, 6.45) is 4.42. The summed E-state index contributed by atoms with van der Waals surface area (Å²) in [7, 11) is 0. The van der Waals surface area contributed by atoms with E-state index < -0.39 is 12.0 Å². The predicted octanol–water partition coefficient (Wildman–Crippen LogP) is 2.21. The van der Waals surface area contributed by atoms with Crippen molar-refractivity contribution in [2.75, 3.05) is 5.75 Å². The van der Waals surface area contributed by atoms with E-state index in [2.05, 4.69) is 17.6 Å². The average Bonchev–Trinajstić information content (AvgIpc) is 2.76. The lowest BCUT2D eigenvalue weighted by Crippen LogP contribution is -2.50. The molecule has 3 atom stereocenters. The van der Waals surface area contributed by atoms with Crippen molar-refractivity contribution in [2.24, 2.45) is 0 Å². The topological polar surface area (TPSA) is 78.4 Å². The van der Waals surface area contributed by atoms with Crippen molar-refractivity contribution in [1.29, 1.82) is 0 Å². The molecule has 2 amide bonds. The number of amides is 2. The van der Waals surface area contributed by atoms with Gasteiger partial charge in [0, 0.05) is 11.3 Å². The molecule has 19 heavy (non-hydrogen) atoms. The molecule has 0 heterocycles. The van der Waals surface area contributed by atoms with Gasteiger partial charge in [-0.2, -0.15) is 11.8 Å². The fourth-order valence-corrected chi connectivity index (χ4v) is 3.62. The van der Waals surface area contributed by atoms with Crippen LogP contribution in [0.3, 0.4) is 0 Å². The number of aliphatic carboxylic acids is 1. The summed E-state index contributed by atoms with van der Waals surface area (Å²) in [5.74, 6) is 0.0702. The van der Waals surface area contributed by atoms with Crippen LogP contribution in [0.5, 0.6) is 0 Å². The Balaban J connectivity index is 2.43. The van der Waals surface area contributed by atoms with Crippen molar-refractivity contribution in [2.45, 2.75) is 63.3 Å². The number of carbonyl (C=O) groups excluding carboxylic acids is 1. The highest BCUT2D eigenvalue weighted by molar-refractivity contribution is 7.99. The van der Waals surface area contributed by atoms with Crippen LogP contribution >= 0.6 is 11.8 Å². The van der Waals surface area contributed by atoms with Crippen LogP contribution in [-0.2, 0) is 4.79 Å². The van der Waals surface area contributed by atoms with E-state index in [1.807, 2.05) is 18.7 Å². The molecule has 1 aliphatic carbocycles. The number of nitrogens with one attached hydrogen (secondary N) is 2. The molecule has 1 fully saturated rings. The highest BCUT2D eigenvalue weighted by atomic mass is 32.2. The molecule has 0 aromatic carbocycles. The van der Waals surface area contributed by atoms with Gasteiger partial charge in [0.15, 0.2) is 0 Å². The first-order valence-corrected chi connectivity index (χ1v) is 8.04. The van der Waals surface area contributed by atoms with Gasteiger partial charge in [0.25, 0.3) is 0 Å². The van der Waals surface area contributed by atoms with Crippen molar-refractivity contribution < 1.29 is 14.7 Å². The standard InChI is InChI=1S/C13H24N2O3S/c1-3-6-10(12(16)17)15-13(18)14-9-7-5-8-11(9)19-4-2/h9-11H,3-8H2,1-2H3,(H,16,17)(H2,14,15,18)/t9?,10-,11?/m0/s1. The van der Waals surface area contributed by atoms with Gasteiger partial charge in [-0.05, 0) is 25.0 Å². The maximum absolute atomic E-state index is 11.8. The number of hydrogen-bond acceptors (Lipinski definition) is 3. The van der Waals surface area contributed by atoms with Gasteiger partial charge in [0.2, 0.25) is 0 Å². The Labute approximate surface area is 118 Å². The van der Waals surface area contributed by atoms with E-state index in [1.165, 1.54) is 0 Å². The molecule has 3 N–H and O–H groups in total. The summed E-state index contributed by atoms with van der Waals surface area (Å²) in [5, 5.41) is 14.9. The molecule has 0 bridgehead atoms. The number of urea groups is 1. The third-order valence-electron chi connectivity index (χ3n) is 3.33. The van der Waals surface area contributed by atoms with Crippen LogP contribution in [0.15, 0.2) is 0 Å². The van der Waals surface area contributed by atoms with Crippen molar-refractivity contribution >= 4 is 23.8 Å². The van der Waals surface area contributed by atoms with Crippen LogP contribution in [0.25, 0.3) is 0 Å². The Bertz CT molecular complexity index is 312. The molecule has 1 aliphatic rings. The van der Waals surface area contributed by atoms with Gasteiger partial charge in [-0.25, -0.2) is 9.59 Å². The van der Waals surface area contributed by atoms with E-state index in [4.69, 9.17) is 5.11 Å². The molecular formula is C13H24N2O3S. The number of hydrogen-bond donors (Lipinski definition) is 3. The second-order valence-corrected chi connectivity index (χ2v) is 6.34. The molecule has 5 nitrogen and oxygen atoms in total. The molecule has 0 spiro atoms. The van der Waals surface area contributed by atoms with Gasteiger partial charge >= 0.3 is 12.0 Å². The maximum Gasteiger partial charge on any atom is 0.326 e. The van der Waals surface area contributed by atoms with E-state index in [-0.39, 0.29) is 12.1 Å². The summed E-state index contributed by atoms with van der Waals surface area (Å²) < 4.78 is 0. The molecule has 0 aliphatic heterocycles. The minimum atomic E-state index is -0.970. The molecule has 0 radical (unpaired) electrons. The number of carboxylic acids is 1. The molecule has 1 saturated carbocycles. The van der Waals surface area contributed by atoms with Crippen molar-refractivity contribution in [1.82, 2.24) is 10.6 Å². The van der Waals surface area contributed by atoms with E-state index in [0.717, 1.165) is 31.4 Å². The Morgan fingerprint density at radius 3 is 2.68 bits per heavy atom. The number of carboxylic acid groups (broad SMARTS) is 1. The fraction of sp³-hybridized carbons (Fsp3) is 0.846. The molecular weight excluding hydrogens is 264 g/mol. The van der Waals surface area contributed by atoms with Crippen LogP contribution in [0.2, 0.25) is 0 Å². The zero-order chi connectivity index (χ0) is 14.3. The third-order valence-corrected chi connectivity index (χ3v) is 4.66. The lowest BCUT2D eigenvalue weighted by Gasteiger charge is -2.22. The van der Waals surface area contributed by atoms with Crippen LogP contribution in [-0.4, -0.2) is 40.2 Å². The maximum atomic E-state index is 11.8. The van der Waals surface area contributed by atoms with Crippen LogP contribution in [0.4, 0.5) is 4.79 Å². The van der Waals surface area contributed by atoms with Gasteiger partial charge in [-0.1, -0.05) is 26.7 Å². The number of carbonyl (C=O) groups is 2. The van der Waals surface area contributed by atoms with Gasteiger partial charge in [-0.15, -0.1) is 0 Å². The van der Waals surface area contributed by atoms with Crippen LogP contribution in [0.1, 0.15) is 46.0 Å². The van der Waals surface area contributed by atoms with Crippen LogP contribution in [0, 0.1) is 0 Å². The minimum absolute atomic E-state index is 0.168. The zero-order valence-electron chi connectivity index (χ0n) is 11.6. The second-order valence-electron chi connectivity index (χ2n) is 4.83. The van der Waals surface area contributed by atoms with Crippen LogP contribution < -0.4 is 10.6 Å². The van der Waals surface area contributed by atoms with Gasteiger partial charge in [0.05, 0.1) is 0 Å². The van der Waals surface area contributed by atoms with E-state index in [9.17, 15) is 9.59 Å². The fourth-order valence-electron chi connectivity index (χ4n) is 2.42. The van der Waals surface area contributed by atoms with Crippen molar-refractivity contribution in [3.63, 3.8) is 0 Å². The van der Waals surface area contributed by atoms with Crippen molar-refractivity contribution in [3.8, 4) is 0 Å². The average molecular weight is 288 g/mol. The Morgan fingerprint density at radius 1 is 1.37 bits per heavy atom. The highest BCUT2D eigenvalue weighted by Crippen LogP contribution is 2.29. The second kappa shape index (κ2) is 8.30. The Kier molecular flexibility index (Phi) is 7.05. The minimum Gasteiger partial charge on any atom is -0.480 e. The smallest absolute Gasteiger partial charge is 0.326 e. The van der Waals surface area contributed by atoms with Gasteiger partial charge in [-0.3, -0.25) is 0 Å². The lowest BCUT2D eigenvalue weighted by atomic mass is 10.2. The molecule has 0 aromatic heterocycles. The molecule has 6 heteroatoms. The molecule has 1 rings (SSSR count). The summed E-state index contributed by atoms with van der Waals surface area (Å²) in [4.78, 5) is 22.8.